The zero-order chi connectivity index (χ0) is 13.3. The molecule has 96 valence electrons. The summed E-state index contributed by atoms with van der Waals surface area (Å²) in [4.78, 5) is 5.42. The topological polar surface area (TPSA) is 24.9 Å². The summed E-state index contributed by atoms with van der Waals surface area (Å²) in [6.07, 6.45) is 0. The van der Waals surface area contributed by atoms with E-state index in [1.165, 1.54) is 12.1 Å². The fourth-order valence-corrected chi connectivity index (χ4v) is 2.83. The van der Waals surface area contributed by atoms with Crippen LogP contribution in [-0.2, 0) is 0 Å². The third-order valence-corrected chi connectivity index (χ3v) is 3.83. The Bertz CT molecular complexity index is 546. The molecular formula is C13H14F2N2S. The molecule has 0 saturated heterocycles. The first-order chi connectivity index (χ1) is 8.45. The number of thiazole rings is 1. The Morgan fingerprint density at radius 2 is 1.78 bits per heavy atom. The summed E-state index contributed by atoms with van der Waals surface area (Å²) >= 11 is 1.59. The zero-order valence-corrected chi connectivity index (χ0v) is 11.2. The number of anilines is 1. The standard InChI is InChI=1S/C13H14F2N2S/c1-7-13(18-9(3)16-7)8(2)17-12-5-10(14)4-11(15)6-12/h4-6,8,17H,1-3H3. The van der Waals surface area contributed by atoms with E-state index in [1.54, 1.807) is 11.3 Å². The van der Waals surface area contributed by atoms with Crippen molar-refractivity contribution in [1.82, 2.24) is 4.98 Å². The molecule has 0 aliphatic heterocycles. The molecular weight excluding hydrogens is 254 g/mol. The normalized spacial score (nSPS) is 12.5. The average molecular weight is 268 g/mol. The lowest BCUT2D eigenvalue weighted by Crippen LogP contribution is -2.06. The second-order valence-corrected chi connectivity index (χ2v) is 5.44. The van der Waals surface area contributed by atoms with Gasteiger partial charge in [0.25, 0.3) is 0 Å². The molecule has 0 aliphatic rings. The lowest BCUT2D eigenvalue weighted by Gasteiger charge is -2.14. The van der Waals surface area contributed by atoms with Crippen molar-refractivity contribution >= 4 is 17.0 Å². The highest BCUT2D eigenvalue weighted by molar-refractivity contribution is 7.11. The van der Waals surface area contributed by atoms with Crippen LogP contribution < -0.4 is 5.32 Å². The van der Waals surface area contributed by atoms with Crippen LogP contribution in [0.3, 0.4) is 0 Å². The number of halogens is 2. The fraction of sp³-hybridized carbons (Fsp3) is 0.308. The summed E-state index contributed by atoms with van der Waals surface area (Å²) in [5, 5.41) is 4.07. The van der Waals surface area contributed by atoms with Crippen molar-refractivity contribution in [3.8, 4) is 0 Å². The quantitative estimate of drug-likeness (QED) is 0.902. The van der Waals surface area contributed by atoms with Crippen LogP contribution in [0.2, 0.25) is 0 Å². The third-order valence-electron chi connectivity index (χ3n) is 2.58. The van der Waals surface area contributed by atoms with E-state index in [1.807, 2.05) is 20.8 Å². The predicted molar refractivity (Wildman–Crippen MR) is 70.0 cm³/mol. The first-order valence-corrected chi connectivity index (χ1v) is 6.44. The Kier molecular flexibility index (Phi) is 3.61. The predicted octanol–water partition coefficient (Wildman–Crippen LogP) is 4.21. The van der Waals surface area contributed by atoms with Crippen molar-refractivity contribution in [2.75, 3.05) is 5.32 Å². The van der Waals surface area contributed by atoms with Crippen LogP contribution in [0.15, 0.2) is 18.2 Å². The molecule has 0 aliphatic carbocycles. The van der Waals surface area contributed by atoms with Crippen molar-refractivity contribution in [1.29, 1.82) is 0 Å². The zero-order valence-electron chi connectivity index (χ0n) is 10.4. The van der Waals surface area contributed by atoms with Gasteiger partial charge in [0.1, 0.15) is 11.6 Å². The van der Waals surface area contributed by atoms with Gasteiger partial charge in [-0.1, -0.05) is 0 Å². The molecule has 0 amide bonds. The molecule has 2 nitrogen and oxygen atoms in total. The molecule has 0 saturated carbocycles. The molecule has 1 N–H and O–H groups in total. The largest absolute Gasteiger partial charge is 0.377 e. The van der Waals surface area contributed by atoms with Gasteiger partial charge in [0, 0.05) is 16.6 Å². The highest BCUT2D eigenvalue weighted by Crippen LogP contribution is 2.27. The first-order valence-electron chi connectivity index (χ1n) is 5.62. The number of nitrogens with one attached hydrogen (secondary N) is 1. The Labute approximate surface area is 109 Å². The molecule has 5 heteroatoms. The molecule has 1 atom stereocenters. The minimum absolute atomic E-state index is 0.0302. The van der Waals surface area contributed by atoms with Gasteiger partial charge in [-0.25, -0.2) is 13.8 Å². The van der Waals surface area contributed by atoms with Gasteiger partial charge < -0.3 is 5.32 Å². The number of benzene rings is 1. The molecule has 1 unspecified atom stereocenters. The van der Waals surface area contributed by atoms with Crippen LogP contribution in [0.25, 0.3) is 0 Å². The summed E-state index contributed by atoms with van der Waals surface area (Å²) in [5.74, 6) is -1.16. The molecule has 0 radical (unpaired) electrons. The number of hydrogen-bond donors (Lipinski definition) is 1. The maximum absolute atomic E-state index is 13.1. The van der Waals surface area contributed by atoms with Crippen LogP contribution in [0, 0.1) is 25.5 Å². The van der Waals surface area contributed by atoms with E-state index >= 15 is 0 Å². The van der Waals surface area contributed by atoms with E-state index in [0.717, 1.165) is 21.6 Å². The lowest BCUT2D eigenvalue weighted by molar-refractivity contribution is 0.583. The summed E-state index contributed by atoms with van der Waals surface area (Å²) in [7, 11) is 0. The lowest BCUT2D eigenvalue weighted by atomic mass is 10.2. The number of aryl methyl sites for hydroxylation is 2. The third kappa shape index (κ3) is 2.85. The van der Waals surface area contributed by atoms with Crippen LogP contribution in [0.5, 0.6) is 0 Å². The van der Waals surface area contributed by atoms with Crippen LogP contribution in [-0.4, -0.2) is 4.98 Å². The van der Waals surface area contributed by atoms with Crippen molar-refractivity contribution in [3.63, 3.8) is 0 Å². The van der Waals surface area contributed by atoms with E-state index in [4.69, 9.17) is 0 Å². The molecule has 0 fully saturated rings. The van der Waals surface area contributed by atoms with E-state index in [0.29, 0.717) is 5.69 Å². The van der Waals surface area contributed by atoms with Gasteiger partial charge >= 0.3 is 0 Å². The second-order valence-electron chi connectivity index (χ2n) is 4.21. The molecule has 0 spiro atoms. The first kappa shape index (κ1) is 13.0. The van der Waals surface area contributed by atoms with Crippen LogP contribution in [0.1, 0.15) is 28.5 Å². The Morgan fingerprint density at radius 1 is 1.17 bits per heavy atom. The van der Waals surface area contributed by atoms with E-state index in [9.17, 15) is 8.78 Å². The van der Waals surface area contributed by atoms with Crippen molar-refractivity contribution < 1.29 is 8.78 Å². The molecule has 18 heavy (non-hydrogen) atoms. The Hall–Kier alpha value is -1.49. The Morgan fingerprint density at radius 3 is 2.28 bits per heavy atom. The number of rotatable bonds is 3. The van der Waals surface area contributed by atoms with Gasteiger partial charge in [-0.05, 0) is 32.9 Å². The van der Waals surface area contributed by atoms with E-state index in [2.05, 4.69) is 10.3 Å². The highest BCUT2D eigenvalue weighted by atomic mass is 32.1. The molecule has 1 aromatic heterocycles. The molecule has 0 bridgehead atoms. The van der Waals surface area contributed by atoms with Gasteiger partial charge in [-0.3, -0.25) is 0 Å². The van der Waals surface area contributed by atoms with Gasteiger partial charge in [0.2, 0.25) is 0 Å². The minimum Gasteiger partial charge on any atom is -0.377 e. The summed E-state index contributed by atoms with van der Waals surface area (Å²) < 4.78 is 26.1. The summed E-state index contributed by atoms with van der Waals surface area (Å²) in [5.41, 5.74) is 1.39. The maximum atomic E-state index is 13.1. The summed E-state index contributed by atoms with van der Waals surface area (Å²) in [6.45, 7) is 5.82. The number of aromatic nitrogens is 1. The van der Waals surface area contributed by atoms with Crippen molar-refractivity contribution in [2.45, 2.75) is 26.8 Å². The van der Waals surface area contributed by atoms with Crippen LogP contribution in [0.4, 0.5) is 14.5 Å². The molecule has 2 rings (SSSR count). The Balaban J connectivity index is 2.20. The number of hydrogen-bond acceptors (Lipinski definition) is 3. The van der Waals surface area contributed by atoms with Gasteiger partial charge in [-0.15, -0.1) is 11.3 Å². The monoisotopic (exact) mass is 268 g/mol. The van der Waals surface area contributed by atoms with Gasteiger partial charge in [0.05, 0.1) is 16.7 Å². The van der Waals surface area contributed by atoms with Crippen LogP contribution >= 0.6 is 11.3 Å². The van der Waals surface area contributed by atoms with E-state index in [-0.39, 0.29) is 6.04 Å². The second kappa shape index (κ2) is 5.02. The van der Waals surface area contributed by atoms with Gasteiger partial charge in [-0.2, -0.15) is 0 Å². The fourth-order valence-electron chi connectivity index (χ4n) is 1.90. The van der Waals surface area contributed by atoms with Gasteiger partial charge in [0.15, 0.2) is 0 Å². The van der Waals surface area contributed by atoms with Crippen molar-refractivity contribution in [3.05, 3.63) is 45.4 Å². The minimum atomic E-state index is -0.582. The summed E-state index contributed by atoms with van der Waals surface area (Å²) in [6, 6.07) is 3.39. The number of nitrogens with zero attached hydrogens (tertiary/aromatic N) is 1. The van der Waals surface area contributed by atoms with Crippen molar-refractivity contribution in [2.24, 2.45) is 0 Å². The molecule has 1 heterocycles. The maximum Gasteiger partial charge on any atom is 0.128 e. The molecule has 1 aromatic carbocycles. The molecule has 2 aromatic rings. The highest BCUT2D eigenvalue weighted by Gasteiger charge is 2.13. The average Bonchev–Trinajstić information content (AvgIpc) is 2.56. The smallest absolute Gasteiger partial charge is 0.128 e. The SMILES string of the molecule is Cc1nc(C)c(C(C)Nc2cc(F)cc(F)c2)s1. The van der Waals surface area contributed by atoms with E-state index < -0.39 is 11.6 Å².